The summed E-state index contributed by atoms with van der Waals surface area (Å²) in [5.74, 6) is 0. The molecule has 2 saturated heterocycles. The highest BCUT2D eigenvalue weighted by Gasteiger charge is 2.28. The third-order valence-corrected chi connectivity index (χ3v) is 7.42. The first-order valence-corrected chi connectivity index (χ1v) is 12.3. The molecule has 0 spiro atoms. The molecule has 5 rings (SSSR count). The number of amides is 2. The fourth-order valence-corrected chi connectivity index (χ4v) is 5.33. The van der Waals surface area contributed by atoms with Crippen molar-refractivity contribution >= 4 is 45.0 Å². The van der Waals surface area contributed by atoms with E-state index in [9.17, 15) is 22.3 Å². The van der Waals surface area contributed by atoms with Gasteiger partial charge in [0.2, 0.25) is 5.13 Å². The SMILES string of the molecule is O=C(N1CCCC1)N1CCN(c2cc(S(=O)[O-])cc3c2cnn3-c2nnc(C(F)F)s2)CC1. The van der Waals surface area contributed by atoms with Crippen molar-refractivity contribution in [3.8, 4) is 5.13 Å². The number of carbonyl (C=O) groups is 1. The van der Waals surface area contributed by atoms with Crippen LogP contribution < -0.4 is 4.90 Å². The van der Waals surface area contributed by atoms with Crippen LogP contribution in [0.1, 0.15) is 24.3 Å². The van der Waals surface area contributed by atoms with Crippen LogP contribution in [0, 0.1) is 0 Å². The van der Waals surface area contributed by atoms with Crippen LogP contribution in [0.15, 0.2) is 23.2 Å². The molecule has 10 nitrogen and oxygen atoms in total. The van der Waals surface area contributed by atoms with Crippen LogP contribution in [0.2, 0.25) is 0 Å². The molecule has 1 atom stereocenters. The van der Waals surface area contributed by atoms with Gasteiger partial charge in [0.05, 0.1) is 11.7 Å². The van der Waals surface area contributed by atoms with Crippen molar-refractivity contribution in [1.82, 2.24) is 29.8 Å². The molecule has 33 heavy (non-hydrogen) atoms. The van der Waals surface area contributed by atoms with Gasteiger partial charge >= 0.3 is 6.03 Å². The van der Waals surface area contributed by atoms with Gasteiger partial charge in [-0.2, -0.15) is 5.10 Å². The van der Waals surface area contributed by atoms with Crippen LogP contribution in [-0.2, 0) is 11.1 Å². The zero-order valence-corrected chi connectivity index (χ0v) is 19.0. The molecule has 176 valence electrons. The van der Waals surface area contributed by atoms with Gasteiger partial charge in [-0.15, -0.1) is 10.2 Å². The Labute approximate surface area is 194 Å². The lowest BCUT2D eigenvalue weighted by molar-refractivity contribution is 0.150. The summed E-state index contributed by atoms with van der Waals surface area (Å²) in [7, 11) is 0. The van der Waals surface area contributed by atoms with E-state index >= 15 is 0 Å². The van der Waals surface area contributed by atoms with E-state index in [0.717, 1.165) is 25.9 Å². The second-order valence-corrected chi connectivity index (χ2v) is 9.77. The van der Waals surface area contributed by atoms with E-state index in [-0.39, 0.29) is 16.1 Å². The summed E-state index contributed by atoms with van der Waals surface area (Å²) in [6.45, 7) is 3.67. The smallest absolute Gasteiger partial charge is 0.320 e. The van der Waals surface area contributed by atoms with Crippen LogP contribution >= 0.6 is 11.3 Å². The maximum absolute atomic E-state index is 13.0. The summed E-state index contributed by atoms with van der Waals surface area (Å²) in [5.41, 5.74) is 1.09. The number of fused-ring (bicyclic) bond motifs is 1. The number of halogens is 2. The predicted octanol–water partition coefficient (Wildman–Crippen LogP) is 2.39. The van der Waals surface area contributed by atoms with Crippen molar-refractivity contribution < 1.29 is 22.3 Å². The lowest BCUT2D eigenvalue weighted by Crippen LogP contribution is -2.52. The number of anilines is 1. The van der Waals surface area contributed by atoms with E-state index in [2.05, 4.69) is 15.3 Å². The molecule has 2 aliphatic heterocycles. The van der Waals surface area contributed by atoms with Crippen molar-refractivity contribution in [2.75, 3.05) is 44.2 Å². The second kappa shape index (κ2) is 8.91. The van der Waals surface area contributed by atoms with Gasteiger partial charge in [0.15, 0.2) is 5.01 Å². The topological polar surface area (TPSA) is 111 Å². The summed E-state index contributed by atoms with van der Waals surface area (Å²) in [6, 6.07) is 3.05. The molecule has 0 saturated carbocycles. The van der Waals surface area contributed by atoms with Crippen molar-refractivity contribution in [2.24, 2.45) is 0 Å². The summed E-state index contributed by atoms with van der Waals surface area (Å²) in [4.78, 5) is 18.4. The first-order valence-electron chi connectivity index (χ1n) is 10.4. The number of aromatic nitrogens is 4. The summed E-state index contributed by atoms with van der Waals surface area (Å²) >= 11 is -1.81. The Bertz CT molecular complexity index is 1200. The number of benzene rings is 1. The molecule has 0 radical (unpaired) electrons. The van der Waals surface area contributed by atoms with Crippen LogP contribution in [0.4, 0.5) is 19.3 Å². The zero-order valence-electron chi connectivity index (χ0n) is 17.4. The van der Waals surface area contributed by atoms with Crippen LogP contribution in [0.5, 0.6) is 0 Å². The number of alkyl halides is 2. The van der Waals surface area contributed by atoms with Crippen molar-refractivity contribution in [3.63, 3.8) is 0 Å². The van der Waals surface area contributed by atoms with E-state index in [1.54, 1.807) is 12.3 Å². The first kappa shape index (κ1) is 22.1. The van der Waals surface area contributed by atoms with Gasteiger partial charge in [-0.25, -0.2) is 18.3 Å². The number of urea groups is 1. The monoisotopic (exact) mass is 496 g/mol. The molecule has 3 aromatic rings. The number of hydrogen-bond acceptors (Lipinski definition) is 8. The molecule has 0 bridgehead atoms. The highest BCUT2D eigenvalue weighted by atomic mass is 32.2. The minimum Gasteiger partial charge on any atom is -0.768 e. The minimum atomic E-state index is -2.75. The fourth-order valence-electron chi connectivity index (χ4n) is 4.24. The fraction of sp³-hybridized carbons (Fsp3) is 0.474. The van der Waals surface area contributed by atoms with Gasteiger partial charge in [-0.3, -0.25) is 4.21 Å². The average Bonchev–Trinajstić information content (AvgIpc) is 3.58. The minimum absolute atomic E-state index is 0.0469. The Morgan fingerprint density at radius 1 is 1.06 bits per heavy atom. The Morgan fingerprint density at radius 3 is 2.39 bits per heavy atom. The quantitative estimate of drug-likeness (QED) is 0.510. The average molecular weight is 497 g/mol. The van der Waals surface area contributed by atoms with E-state index < -0.39 is 22.5 Å². The van der Waals surface area contributed by atoms with Crippen molar-refractivity contribution in [1.29, 1.82) is 0 Å². The highest BCUT2D eigenvalue weighted by molar-refractivity contribution is 7.79. The molecular weight excluding hydrogens is 476 g/mol. The standard InChI is InChI=1S/C19H21F2N7O3S2/c20-16(21)17-23-24-18(32-17)28-15-10-12(33(30)31)9-14(13(15)11-22-28)25-5-7-27(8-6-25)19(29)26-3-1-2-4-26/h9-11,16H,1-8H2,(H,30,31)/p-1. The van der Waals surface area contributed by atoms with Crippen molar-refractivity contribution in [2.45, 2.75) is 24.2 Å². The molecular formula is C19H20F2N7O3S2-. The van der Waals surface area contributed by atoms with E-state index in [0.29, 0.717) is 54.1 Å². The third-order valence-electron chi connectivity index (χ3n) is 5.90. The van der Waals surface area contributed by atoms with Gasteiger partial charge < -0.3 is 19.3 Å². The Balaban J connectivity index is 1.45. The van der Waals surface area contributed by atoms with Crippen LogP contribution in [0.3, 0.4) is 0 Å². The normalized spacial score (nSPS) is 18.0. The van der Waals surface area contributed by atoms with Gasteiger partial charge in [0.1, 0.15) is 0 Å². The van der Waals surface area contributed by atoms with Crippen molar-refractivity contribution in [3.05, 3.63) is 23.3 Å². The number of rotatable bonds is 4. The van der Waals surface area contributed by atoms with Gasteiger partial charge in [0, 0.05) is 55.2 Å². The van der Waals surface area contributed by atoms with Gasteiger partial charge in [0.25, 0.3) is 6.43 Å². The first-order chi connectivity index (χ1) is 15.9. The molecule has 4 heterocycles. The molecule has 1 unspecified atom stereocenters. The molecule has 0 aliphatic carbocycles. The van der Waals surface area contributed by atoms with Gasteiger partial charge in [-0.1, -0.05) is 11.3 Å². The Kier molecular flexibility index (Phi) is 5.97. The molecule has 1 aromatic carbocycles. The summed E-state index contributed by atoms with van der Waals surface area (Å²) in [5, 5.41) is 11.9. The van der Waals surface area contributed by atoms with E-state index in [4.69, 9.17) is 0 Å². The summed E-state index contributed by atoms with van der Waals surface area (Å²) < 4.78 is 50.8. The number of nitrogens with zero attached hydrogens (tertiary/aromatic N) is 7. The molecule has 2 fully saturated rings. The Hall–Kier alpha value is -2.71. The van der Waals surface area contributed by atoms with Crippen LogP contribution in [-0.4, -0.2) is 83.8 Å². The molecule has 14 heteroatoms. The number of likely N-dealkylation sites (tertiary alicyclic amines) is 1. The van der Waals surface area contributed by atoms with Crippen LogP contribution in [0.25, 0.3) is 16.0 Å². The van der Waals surface area contributed by atoms with E-state index in [1.165, 1.54) is 10.7 Å². The number of piperazine rings is 1. The molecule has 2 amide bonds. The maximum atomic E-state index is 13.0. The molecule has 0 N–H and O–H groups in total. The lowest BCUT2D eigenvalue weighted by Gasteiger charge is -2.38. The summed E-state index contributed by atoms with van der Waals surface area (Å²) in [6.07, 6.45) is 0.867. The number of hydrogen-bond donors (Lipinski definition) is 0. The predicted molar refractivity (Wildman–Crippen MR) is 117 cm³/mol. The largest absolute Gasteiger partial charge is 0.768 e. The molecule has 2 aromatic heterocycles. The maximum Gasteiger partial charge on any atom is 0.320 e. The highest BCUT2D eigenvalue weighted by Crippen LogP contribution is 2.33. The van der Waals surface area contributed by atoms with E-state index in [1.807, 2.05) is 14.7 Å². The zero-order chi connectivity index (χ0) is 23.1. The molecule has 2 aliphatic rings. The third kappa shape index (κ3) is 4.17. The Morgan fingerprint density at radius 2 is 1.76 bits per heavy atom. The second-order valence-electron chi connectivity index (χ2n) is 7.84. The number of carbonyl (C=O) groups excluding carboxylic acids is 1. The van der Waals surface area contributed by atoms with Gasteiger partial charge in [-0.05, 0) is 36.1 Å². The lowest BCUT2D eigenvalue weighted by atomic mass is 10.1.